The molecule has 0 aromatic heterocycles. The van der Waals surface area contributed by atoms with E-state index in [1.807, 2.05) is 38.1 Å². The third-order valence-electron chi connectivity index (χ3n) is 6.74. The highest BCUT2D eigenvalue weighted by atomic mass is 35.5. The van der Waals surface area contributed by atoms with Gasteiger partial charge in [-0.1, -0.05) is 37.6 Å². The lowest BCUT2D eigenvalue weighted by Crippen LogP contribution is -2.51. The first-order valence-electron chi connectivity index (χ1n) is 12.5. The van der Waals surface area contributed by atoms with Crippen LogP contribution in [0.4, 0.5) is 4.79 Å². The summed E-state index contributed by atoms with van der Waals surface area (Å²) in [5.41, 5.74) is 1.10. The molecule has 1 saturated heterocycles. The summed E-state index contributed by atoms with van der Waals surface area (Å²) in [5.74, 6) is -0.536. The van der Waals surface area contributed by atoms with Gasteiger partial charge in [0.1, 0.15) is 18.4 Å². The summed E-state index contributed by atoms with van der Waals surface area (Å²) in [4.78, 5) is 49.1. The van der Waals surface area contributed by atoms with Gasteiger partial charge in [0, 0.05) is 23.4 Å². The van der Waals surface area contributed by atoms with Gasteiger partial charge in [-0.25, -0.2) is 4.79 Å². The number of halogens is 1. The Labute approximate surface area is 211 Å². The highest BCUT2D eigenvalue weighted by molar-refractivity contribution is 6.30. The Kier molecular flexibility index (Phi) is 9.95. The molecule has 192 valence electrons. The first kappa shape index (κ1) is 27.0. The van der Waals surface area contributed by atoms with Gasteiger partial charge in [0.15, 0.2) is 0 Å². The number of carbonyl (C=O) groups is 4. The second-order valence-electron chi connectivity index (χ2n) is 10.1. The van der Waals surface area contributed by atoms with Gasteiger partial charge < -0.3 is 25.5 Å². The minimum atomic E-state index is -0.838. The molecule has 1 heterocycles. The Bertz CT molecular complexity index is 909. The lowest BCUT2D eigenvalue weighted by molar-refractivity contribution is -0.127. The van der Waals surface area contributed by atoms with E-state index in [4.69, 9.17) is 16.3 Å². The van der Waals surface area contributed by atoms with E-state index in [1.54, 1.807) is 0 Å². The zero-order valence-corrected chi connectivity index (χ0v) is 21.2. The third-order valence-corrected chi connectivity index (χ3v) is 6.98. The molecule has 9 heteroatoms. The highest BCUT2D eigenvalue weighted by Crippen LogP contribution is 2.32. The van der Waals surface area contributed by atoms with Gasteiger partial charge in [-0.05, 0) is 68.6 Å². The van der Waals surface area contributed by atoms with E-state index in [0.717, 1.165) is 31.2 Å². The van der Waals surface area contributed by atoms with Gasteiger partial charge in [-0.2, -0.15) is 0 Å². The van der Waals surface area contributed by atoms with E-state index in [0.29, 0.717) is 30.7 Å². The molecule has 0 bridgehead atoms. The molecule has 0 spiro atoms. The monoisotopic (exact) mass is 505 g/mol. The van der Waals surface area contributed by atoms with Crippen molar-refractivity contribution in [3.05, 3.63) is 34.9 Å². The number of hydrogen-bond acceptors (Lipinski definition) is 5. The van der Waals surface area contributed by atoms with E-state index in [9.17, 15) is 19.2 Å². The van der Waals surface area contributed by atoms with Crippen molar-refractivity contribution >= 4 is 35.8 Å². The molecule has 1 aromatic carbocycles. The Balaban J connectivity index is 1.56. The van der Waals surface area contributed by atoms with Crippen LogP contribution in [-0.4, -0.2) is 48.9 Å². The molecule has 2 fully saturated rings. The molecule has 2 aliphatic rings. The molecule has 3 amide bonds. The van der Waals surface area contributed by atoms with Crippen molar-refractivity contribution < 1.29 is 23.9 Å². The van der Waals surface area contributed by atoms with Gasteiger partial charge in [0.2, 0.25) is 11.8 Å². The standard InChI is InChI=1S/C26H36ClN3O5/c1-16(2)11-22(25(33)29-21(15-31)14-19-9-10-28-24(19)32)30-26(34)35-23-8-4-6-18(23)12-17-5-3-7-20(27)13-17/h3,5,7,13,15-16,18-19,21-23H,4,6,8-12,14H2,1-2H3,(H,28,32)(H,29,33)(H,30,34)/t18?,19-,21-,22-,23?/m0/s1. The third kappa shape index (κ3) is 8.23. The van der Waals surface area contributed by atoms with E-state index in [2.05, 4.69) is 16.0 Å². The van der Waals surface area contributed by atoms with Crippen LogP contribution in [0.5, 0.6) is 0 Å². The Morgan fingerprint density at radius 1 is 1.23 bits per heavy atom. The summed E-state index contributed by atoms with van der Waals surface area (Å²) in [6.07, 6.45) is 4.52. The average molecular weight is 506 g/mol. The quantitative estimate of drug-likeness (QED) is 0.399. The van der Waals surface area contributed by atoms with Crippen molar-refractivity contribution in [1.82, 2.24) is 16.0 Å². The number of benzene rings is 1. The van der Waals surface area contributed by atoms with Gasteiger partial charge in [0.25, 0.3) is 0 Å². The van der Waals surface area contributed by atoms with Crippen LogP contribution in [-0.2, 0) is 25.5 Å². The number of hydrogen-bond donors (Lipinski definition) is 3. The van der Waals surface area contributed by atoms with Crippen LogP contribution in [0.25, 0.3) is 0 Å². The van der Waals surface area contributed by atoms with Crippen LogP contribution in [0, 0.1) is 17.8 Å². The number of aldehydes is 1. The van der Waals surface area contributed by atoms with Crippen molar-refractivity contribution in [3.63, 3.8) is 0 Å². The smallest absolute Gasteiger partial charge is 0.408 e. The van der Waals surface area contributed by atoms with E-state index < -0.39 is 24.1 Å². The number of alkyl carbamates (subject to hydrolysis) is 1. The number of rotatable bonds is 11. The molecule has 3 rings (SSSR count). The topological polar surface area (TPSA) is 114 Å². The molecule has 35 heavy (non-hydrogen) atoms. The molecule has 3 N–H and O–H groups in total. The van der Waals surface area contributed by atoms with E-state index in [1.165, 1.54) is 0 Å². The predicted molar refractivity (Wildman–Crippen MR) is 133 cm³/mol. The first-order valence-corrected chi connectivity index (χ1v) is 12.9. The molecule has 1 aliphatic heterocycles. The summed E-state index contributed by atoms with van der Waals surface area (Å²) in [7, 11) is 0. The Morgan fingerprint density at radius 2 is 2.03 bits per heavy atom. The van der Waals surface area contributed by atoms with Crippen LogP contribution in [0.1, 0.15) is 57.9 Å². The summed E-state index contributed by atoms with van der Waals surface area (Å²) in [6.45, 7) is 4.47. The van der Waals surface area contributed by atoms with Crippen LogP contribution >= 0.6 is 11.6 Å². The van der Waals surface area contributed by atoms with Crippen LogP contribution in [0.15, 0.2) is 24.3 Å². The molecule has 5 atom stereocenters. The maximum Gasteiger partial charge on any atom is 0.408 e. The van der Waals surface area contributed by atoms with Crippen molar-refractivity contribution in [2.75, 3.05) is 6.54 Å². The number of ether oxygens (including phenoxy) is 1. The highest BCUT2D eigenvalue weighted by Gasteiger charge is 2.33. The molecular weight excluding hydrogens is 470 g/mol. The Morgan fingerprint density at radius 3 is 2.69 bits per heavy atom. The summed E-state index contributed by atoms with van der Waals surface area (Å²) < 4.78 is 5.76. The number of nitrogens with one attached hydrogen (secondary N) is 3. The molecule has 1 aliphatic carbocycles. The number of amides is 3. The van der Waals surface area contributed by atoms with Crippen molar-refractivity contribution in [3.8, 4) is 0 Å². The lowest BCUT2D eigenvalue weighted by Gasteiger charge is -2.25. The summed E-state index contributed by atoms with van der Waals surface area (Å²) >= 11 is 6.11. The second kappa shape index (κ2) is 12.9. The number of carbonyl (C=O) groups excluding carboxylic acids is 4. The average Bonchev–Trinajstić information content (AvgIpc) is 3.40. The van der Waals surface area contributed by atoms with E-state index in [-0.39, 0.29) is 36.2 Å². The lowest BCUT2D eigenvalue weighted by atomic mass is 9.96. The van der Waals surface area contributed by atoms with Gasteiger partial charge in [-0.3, -0.25) is 9.59 Å². The maximum absolute atomic E-state index is 13.0. The zero-order valence-electron chi connectivity index (χ0n) is 20.4. The zero-order chi connectivity index (χ0) is 25.4. The molecule has 2 unspecified atom stereocenters. The molecule has 8 nitrogen and oxygen atoms in total. The molecule has 0 radical (unpaired) electrons. The minimum absolute atomic E-state index is 0.101. The largest absolute Gasteiger partial charge is 0.446 e. The molecule has 1 aromatic rings. The van der Waals surface area contributed by atoms with Gasteiger partial charge in [0.05, 0.1) is 6.04 Å². The minimum Gasteiger partial charge on any atom is -0.446 e. The fraction of sp³-hybridized carbons (Fsp3) is 0.615. The van der Waals surface area contributed by atoms with Crippen molar-refractivity contribution in [2.24, 2.45) is 17.8 Å². The SMILES string of the molecule is CC(C)C[C@H](NC(=O)OC1CCCC1Cc1cccc(Cl)c1)C(=O)N[C@H](C=O)C[C@@H]1CCNC1=O. The molecular formula is C26H36ClN3O5. The predicted octanol–water partition coefficient (Wildman–Crippen LogP) is 3.40. The Hall–Kier alpha value is -2.61. The maximum atomic E-state index is 13.0. The fourth-order valence-corrected chi connectivity index (χ4v) is 5.20. The second-order valence-corrected chi connectivity index (χ2v) is 10.5. The fourth-order valence-electron chi connectivity index (χ4n) is 4.98. The van der Waals surface area contributed by atoms with Crippen LogP contribution < -0.4 is 16.0 Å². The van der Waals surface area contributed by atoms with Gasteiger partial charge in [-0.15, -0.1) is 0 Å². The summed E-state index contributed by atoms with van der Waals surface area (Å²) in [5, 5.41) is 8.82. The first-order chi connectivity index (χ1) is 16.7. The van der Waals surface area contributed by atoms with Crippen molar-refractivity contribution in [1.29, 1.82) is 0 Å². The normalized spacial score (nSPS) is 23.4. The van der Waals surface area contributed by atoms with Gasteiger partial charge >= 0.3 is 6.09 Å². The van der Waals surface area contributed by atoms with Crippen molar-refractivity contribution in [2.45, 2.75) is 77.0 Å². The summed E-state index contributed by atoms with van der Waals surface area (Å²) in [6, 6.07) is 6.06. The van der Waals surface area contributed by atoms with E-state index >= 15 is 0 Å². The molecule has 1 saturated carbocycles. The van der Waals surface area contributed by atoms with Crippen LogP contribution in [0.2, 0.25) is 5.02 Å². The van der Waals surface area contributed by atoms with Crippen LogP contribution in [0.3, 0.4) is 0 Å².